The predicted octanol–water partition coefficient (Wildman–Crippen LogP) is 4.21. The molecule has 0 aromatic carbocycles. The summed E-state index contributed by atoms with van der Waals surface area (Å²) in [5, 5.41) is 4.56. The molecule has 0 saturated heterocycles. The lowest BCUT2D eigenvalue weighted by Gasteiger charge is -2.10. The minimum Gasteiger partial charge on any atom is -0.477 e. The Hall–Kier alpha value is -3.77. The Morgan fingerprint density at radius 1 is 1.14 bits per heavy atom. The van der Waals surface area contributed by atoms with Gasteiger partial charge in [0.15, 0.2) is 5.52 Å². The van der Waals surface area contributed by atoms with Gasteiger partial charge >= 0.3 is 0 Å². The van der Waals surface area contributed by atoms with E-state index < -0.39 is 8.07 Å². The van der Waals surface area contributed by atoms with Crippen molar-refractivity contribution in [3.8, 4) is 28.7 Å². The van der Waals surface area contributed by atoms with Crippen molar-refractivity contribution in [1.29, 1.82) is 0 Å². The number of aromatic nitrogens is 6. The zero-order valence-electron chi connectivity index (χ0n) is 20.8. The summed E-state index contributed by atoms with van der Waals surface area (Å²) in [6.07, 6.45) is 4.96. The highest BCUT2D eigenvalue weighted by Crippen LogP contribution is 2.27. The van der Waals surface area contributed by atoms with E-state index in [1.165, 1.54) is 0 Å². The van der Waals surface area contributed by atoms with Crippen LogP contribution in [-0.2, 0) is 13.0 Å². The number of aromatic amines is 1. The van der Waals surface area contributed by atoms with Crippen molar-refractivity contribution < 1.29 is 4.74 Å². The number of rotatable bonds is 7. The Morgan fingerprint density at radius 3 is 2.66 bits per heavy atom. The molecule has 0 aliphatic heterocycles. The second-order valence-electron chi connectivity index (χ2n) is 9.32. The number of pyridine rings is 2. The fourth-order valence-electron chi connectivity index (χ4n) is 3.58. The molecule has 180 valence electrons. The molecule has 0 aliphatic rings. The average Bonchev–Trinajstić information content (AvgIpc) is 3.19. The molecule has 35 heavy (non-hydrogen) atoms. The largest absolute Gasteiger partial charge is 0.477 e. The molecule has 0 amide bonds. The van der Waals surface area contributed by atoms with Gasteiger partial charge in [0.25, 0.3) is 5.56 Å². The van der Waals surface area contributed by atoms with Crippen molar-refractivity contribution in [2.24, 2.45) is 0 Å². The van der Waals surface area contributed by atoms with E-state index in [9.17, 15) is 4.79 Å². The van der Waals surface area contributed by atoms with E-state index in [-0.39, 0.29) is 5.56 Å². The van der Waals surface area contributed by atoms with Gasteiger partial charge in [-0.15, -0.1) is 5.54 Å². The van der Waals surface area contributed by atoms with Gasteiger partial charge in [0.1, 0.15) is 19.4 Å². The molecule has 0 spiro atoms. The third-order valence-electron chi connectivity index (χ3n) is 5.20. The topological polar surface area (TPSA) is 98.6 Å². The van der Waals surface area contributed by atoms with E-state index in [4.69, 9.17) is 9.72 Å². The van der Waals surface area contributed by atoms with Gasteiger partial charge in [0.05, 0.1) is 30.1 Å². The van der Waals surface area contributed by atoms with Crippen LogP contribution in [0.5, 0.6) is 5.88 Å². The van der Waals surface area contributed by atoms with Crippen LogP contribution in [0.2, 0.25) is 19.6 Å². The number of ether oxygens (including phenoxy) is 1. The van der Waals surface area contributed by atoms with E-state index in [1.54, 1.807) is 12.4 Å². The molecule has 1 N–H and O–H groups in total. The summed E-state index contributed by atoms with van der Waals surface area (Å²) in [5.41, 5.74) is 7.04. The summed E-state index contributed by atoms with van der Waals surface area (Å²) in [5.74, 6) is 4.05. The highest BCUT2D eigenvalue weighted by Gasteiger charge is 2.19. The molecule has 0 fully saturated rings. The first-order chi connectivity index (χ1) is 16.8. The van der Waals surface area contributed by atoms with Crippen LogP contribution in [0, 0.1) is 11.5 Å². The van der Waals surface area contributed by atoms with Crippen LogP contribution in [-0.4, -0.2) is 44.4 Å². The number of hydrogen-bond acceptors (Lipinski definition) is 6. The van der Waals surface area contributed by atoms with E-state index in [0.29, 0.717) is 47.9 Å². The van der Waals surface area contributed by atoms with Gasteiger partial charge in [0, 0.05) is 18.0 Å². The van der Waals surface area contributed by atoms with Crippen molar-refractivity contribution in [3.63, 3.8) is 0 Å². The van der Waals surface area contributed by atoms with Crippen LogP contribution in [0.4, 0.5) is 0 Å². The molecule has 0 saturated carbocycles. The van der Waals surface area contributed by atoms with E-state index in [2.05, 4.69) is 51.2 Å². The molecule has 4 aromatic rings. The fourth-order valence-corrected chi connectivity index (χ4v) is 4.10. The summed E-state index contributed by atoms with van der Waals surface area (Å²) in [6, 6.07) is 7.63. The van der Waals surface area contributed by atoms with Crippen LogP contribution < -0.4 is 10.3 Å². The highest BCUT2D eigenvalue weighted by atomic mass is 28.3. The van der Waals surface area contributed by atoms with E-state index in [1.807, 2.05) is 42.8 Å². The summed E-state index contributed by atoms with van der Waals surface area (Å²) in [6.45, 7) is 11.6. The summed E-state index contributed by atoms with van der Waals surface area (Å²) < 4.78 is 7.70. The molecule has 0 unspecified atom stereocenters. The van der Waals surface area contributed by atoms with Gasteiger partial charge in [-0.3, -0.25) is 14.5 Å². The van der Waals surface area contributed by atoms with Crippen LogP contribution in [0.15, 0.2) is 41.5 Å². The predicted molar refractivity (Wildman–Crippen MR) is 140 cm³/mol. The summed E-state index contributed by atoms with van der Waals surface area (Å²) in [4.78, 5) is 29.7. The third-order valence-corrected chi connectivity index (χ3v) is 6.08. The lowest BCUT2D eigenvalue weighted by Crippen LogP contribution is -2.16. The number of nitrogens with one attached hydrogen (secondary N) is 1. The third kappa shape index (κ3) is 5.66. The number of fused-ring (bicyclic) bond motifs is 1. The first kappa shape index (κ1) is 24.4. The van der Waals surface area contributed by atoms with Crippen LogP contribution in [0.3, 0.4) is 0 Å². The van der Waals surface area contributed by atoms with E-state index in [0.717, 1.165) is 23.4 Å². The molecule has 4 heterocycles. The number of hydrogen-bond donors (Lipinski definition) is 1. The van der Waals surface area contributed by atoms with E-state index >= 15 is 0 Å². The zero-order chi connectivity index (χ0) is 25.0. The zero-order valence-corrected chi connectivity index (χ0v) is 21.8. The number of H-pyrrole nitrogens is 1. The van der Waals surface area contributed by atoms with Crippen LogP contribution in [0.1, 0.15) is 37.2 Å². The summed E-state index contributed by atoms with van der Waals surface area (Å²) >= 11 is 0. The van der Waals surface area contributed by atoms with Crippen molar-refractivity contribution in [3.05, 3.63) is 64.0 Å². The van der Waals surface area contributed by atoms with Crippen molar-refractivity contribution in [2.45, 2.75) is 52.9 Å². The van der Waals surface area contributed by atoms with Gasteiger partial charge in [-0.05, 0) is 31.0 Å². The maximum absolute atomic E-state index is 13.1. The molecule has 0 radical (unpaired) electrons. The minimum atomic E-state index is -1.57. The molecule has 0 aliphatic carbocycles. The molecular weight excluding hydrogens is 456 g/mol. The van der Waals surface area contributed by atoms with Crippen LogP contribution >= 0.6 is 0 Å². The van der Waals surface area contributed by atoms with Crippen LogP contribution in [0.25, 0.3) is 22.4 Å². The Bertz CT molecular complexity index is 1460. The highest BCUT2D eigenvalue weighted by molar-refractivity contribution is 6.83. The Labute approximate surface area is 205 Å². The average molecular weight is 487 g/mol. The molecule has 8 nitrogen and oxygen atoms in total. The lowest BCUT2D eigenvalue weighted by molar-refractivity contribution is 0.306. The van der Waals surface area contributed by atoms with Gasteiger partial charge < -0.3 is 9.72 Å². The standard InChI is InChI=1S/C26H30N6O2Si/c1-6-13-34-26-20(15-18(16-28-26)11-14-35(3,4)5)24-29-22-21(7-2)32(31-23(22)25(33)30-24)17-19-10-8-9-12-27-19/h8-10,12,15-16H,6-7,13,17H2,1-5H3,(H,29,30,33). The maximum Gasteiger partial charge on any atom is 0.279 e. The molecular formula is C26H30N6O2Si. The molecule has 9 heteroatoms. The van der Waals surface area contributed by atoms with Crippen molar-refractivity contribution >= 4 is 19.1 Å². The Morgan fingerprint density at radius 2 is 1.97 bits per heavy atom. The number of nitrogens with zero attached hydrogens (tertiary/aromatic N) is 5. The van der Waals surface area contributed by atoms with Gasteiger partial charge in [-0.1, -0.05) is 45.5 Å². The normalized spacial score (nSPS) is 11.3. The quantitative estimate of drug-likeness (QED) is 0.310. The summed E-state index contributed by atoms with van der Waals surface area (Å²) in [7, 11) is -1.57. The second kappa shape index (κ2) is 10.2. The first-order valence-corrected chi connectivity index (χ1v) is 15.3. The van der Waals surface area contributed by atoms with Crippen molar-refractivity contribution in [1.82, 2.24) is 29.7 Å². The molecule has 0 atom stereocenters. The monoisotopic (exact) mass is 486 g/mol. The lowest BCUT2D eigenvalue weighted by atomic mass is 10.2. The molecule has 4 rings (SSSR count). The van der Waals surface area contributed by atoms with Gasteiger partial charge in [-0.25, -0.2) is 9.97 Å². The van der Waals surface area contributed by atoms with Gasteiger partial charge in [-0.2, -0.15) is 5.10 Å². The molecule has 0 bridgehead atoms. The van der Waals surface area contributed by atoms with Gasteiger partial charge in [0.2, 0.25) is 5.88 Å². The minimum absolute atomic E-state index is 0.306. The first-order valence-electron chi connectivity index (χ1n) is 11.8. The Balaban J connectivity index is 1.85. The Kier molecular flexibility index (Phi) is 7.12. The maximum atomic E-state index is 13.1. The second-order valence-corrected chi connectivity index (χ2v) is 14.1. The fraction of sp³-hybridized carbons (Fsp3) is 0.346. The van der Waals surface area contributed by atoms with Crippen molar-refractivity contribution in [2.75, 3.05) is 6.61 Å². The SMILES string of the molecule is CCCOc1ncc(C#C[Si](C)(C)C)cc1-c1nc2c(CC)n(Cc3ccccn3)nc2c(=O)[nH]1. The molecule has 4 aromatic heterocycles. The number of aryl methyl sites for hydroxylation is 1. The smallest absolute Gasteiger partial charge is 0.279 e.